The highest BCUT2D eigenvalue weighted by Crippen LogP contribution is 2.26. The molecule has 1 aliphatic heterocycles. The molecule has 2 heterocycles. The molecule has 1 aromatic heterocycles. The molecule has 1 unspecified atom stereocenters. The van der Waals surface area contributed by atoms with Crippen molar-refractivity contribution in [2.24, 2.45) is 0 Å². The van der Waals surface area contributed by atoms with E-state index in [2.05, 4.69) is 59.7 Å². The summed E-state index contributed by atoms with van der Waals surface area (Å²) in [6, 6.07) is 16.3. The van der Waals surface area contributed by atoms with Gasteiger partial charge in [0.2, 0.25) is 0 Å². The molecular formula is C28H34N4O2. The number of benzene rings is 2. The first kappa shape index (κ1) is 23.8. The zero-order valence-corrected chi connectivity index (χ0v) is 20.4. The first-order chi connectivity index (χ1) is 16.4. The van der Waals surface area contributed by atoms with Crippen LogP contribution in [0, 0.1) is 13.8 Å². The summed E-state index contributed by atoms with van der Waals surface area (Å²) >= 11 is 0. The van der Waals surface area contributed by atoms with Crippen molar-refractivity contribution in [1.82, 2.24) is 20.2 Å². The Balaban J connectivity index is 1.43. The van der Waals surface area contributed by atoms with E-state index in [1.54, 1.807) is 0 Å². The van der Waals surface area contributed by atoms with Crippen LogP contribution in [0.15, 0.2) is 65.6 Å². The van der Waals surface area contributed by atoms with Gasteiger partial charge in [-0.05, 0) is 80.7 Å². The largest absolute Gasteiger partial charge is 0.487 e. The Bertz CT molecular complexity index is 1220. The molecule has 0 amide bonds. The van der Waals surface area contributed by atoms with Crippen molar-refractivity contribution in [3.63, 3.8) is 0 Å². The molecule has 2 N–H and O–H groups in total. The second-order valence-corrected chi connectivity index (χ2v) is 9.01. The molecule has 178 valence electrons. The van der Waals surface area contributed by atoms with Gasteiger partial charge in [0.25, 0.3) is 0 Å². The van der Waals surface area contributed by atoms with Gasteiger partial charge in [0.1, 0.15) is 12.4 Å². The lowest BCUT2D eigenvalue weighted by molar-refractivity contribution is 0.260. The number of likely N-dealkylation sites (N-methyl/N-ethyl adjacent to an activating group) is 1. The Morgan fingerprint density at radius 1 is 1.18 bits per heavy atom. The molecule has 1 saturated heterocycles. The molecule has 4 rings (SSSR count). The number of aromatic amines is 1. The third kappa shape index (κ3) is 5.75. The van der Waals surface area contributed by atoms with Gasteiger partial charge in [0.05, 0.1) is 11.4 Å². The van der Waals surface area contributed by atoms with Crippen LogP contribution < -0.4 is 15.7 Å². The molecule has 1 atom stereocenters. The molecular weight excluding hydrogens is 424 g/mol. The number of nitrogens with zero attached hydrogens (tertiary/aromatic N) is 2. The van der Waals surface area contributed by atoms with Gasteiger partial charge in [-0.1, -0.05) is 37.8 Å². The Morgan fingerprint density at radius 2 is 2.03 bits per heavy atom. The van der Waals surface area contributed by atoms with Crippen molar-refractivity contribution >= 4 is 0 Å². The van der Waals surface area contributed by atoms with Gasteiger partial charge in [0.15, 0.2) is 0 Å². The van der Waals surface area contributed by atoms with Gasteiger partial charge in [-0.25, -0.2) is 4.79 Å². The van der Waals surface area contributed by atoms with E-state index in [9.17, 15) is 4.79 Å². The molecule has 6 nitrogen and oxygen atoms in total. The van der Waals surface area contributed by atoms with E-state index in [1.165, 1.54) is 30.5 Å². The Hall–Kier alpha value is -3.38. The Morgan fingerprint density at radius 3 is 2.82 bits per heavy atom. The van der Waals surface area contributed by atoms with Crippen molar-refractivity contribution in [1.29, 1.82) is 0 Å². The van der Waals surface area contributed by atoms with Crippen LogP contribution in [0.1, 0.15) is 30.9 Å². The SMILES string of the molecule is C=C(COc1cccc(-c2cc(-c3ccc(C)c(C)c3)[nH]c(=O)n2)c1)NCC1CCCN1CC. The highest BCUT2D eigenvalue weighted by Gasteiger charge is 2.22. The standard InChI is InChI=1S/C28H34N4O2/c1-5-32-13-7-9-24(32)17-29-21(4)18-34-25-10-6-8-22(15-25)26-16-27(31-28(33)30-26)23-12-11-19(2)20(3)14-23/h6,8,10-12,14-16,24,29H,4-5,7,9,13,17-18H2,1-3H3,(H,30,31,33). The summed E-state index contributed by atoms with van der Waals surface area (Å²) in [6.07, 6.45) is 2.49. The molecule has 3 aromatic rings. The number of aryl methyl sites for hydroxylation is 2. The fourth-order valence-corrected chi connectivity index (χ4v) is 4.44. The predicted octanol–water partition coefficient (Wildman–Crippen LogP) is 4.69. The minimum Gasteiger partial charge on any atom is -0.487 e. The summed E-state index contributed by atoms with van der Waals surface area (Å²) in [6.45, 7) is 14.0. The van der Waals surface area contributed by atoms with Gasteiger partial charge in [-0.3, -0.25) is 4.90 Å². The highest BCUT2D eigenvalue weighted by atomic mass is 16.5. The summed E-state index contributed by atoms with van der Waals surface area (Å²) < 4.78 is 5.98. The molecule has 0 spiro atoms. The molecule has 0 aliphatic carbocycles. The number of rotatable bonds is 9. The van der Waals surface area contributed by atoms with Gasteiger partial charge < -0.3 is 15.0 Å². The van der Waals surface area contributed by atoms with Crippen LogP contribution in [0.2, 0.25) is 0 Å². The lowest BCUT2D eigenvalue weighted by Crippen LogP contribution is -2.38. The van der Waals surface area contributed by atoms with Crippen LogP contribution in [-0.4, -0.2) is 47.2 Å². The Labute approximate surface area is 201 Å². The number of hydrogen-bond acceptors (Lipinski definition) is 5. The normalized spacial score (nSPS) is 15.9. The van der Waals surface area contributed by atoms with E-state index < -0.39 is 0 Å². The monoisotopic (exact) mass is 458 g/mol. The van der Waals surface area contributed by atoms with Gasteiger partial charge in [-0.15, -0.1) is 0 Å². The van der Waals surface area contributed by atoms with E-state index in [-0.39, 0.29) is 5.69 Å². The summed E-state index contributed by atoms with van der Waals surface area (Å²) in [4.78, 5) is 21.9. The minimum atomic E-state index is -0.373. The quantitative estimate of drug-likeness (QED) is 0.487. The predicted molar refractivity (Wildman–Crippen MR) is 138 cm³/mol. The van der Waals surface area contributed by atoms with E-state index in [0.717, 1.165) is 35.6 Å². The summed E-state index contributed by atoms with van der Waals surface area (Å²) in [5.74, 6) is 0.714. The number of ether oxygens (including phenoxy) is 1. The molecule has 1 fully saturated rings. The molecule has 0 bridgehead atoms. The van der Waals surface area contributed by atoms with E-state index in [1.807, 2.05) is 36.4 Å². The first-order valence-electron chi connectivity index (χ1n) is 12.0. The second kappa shape index (κ2) is 10.7. The number of likely N-dealkylation sites (tertiary alicyclic amines) is 1. The number of aromatic nitrogens is 2. The lowest BCUT2D eigenvalue weighted by atomic mass is 10.0. The third-order valence-corrected chi connectivity index (χ3v) is 6.60. The van der Waals surface area contributed by atoms with Crippen LogP contribution in [-0.2, 0) is 0 Å². The maximum Gasteiger partial charge on any atom is 0.345 e. The van der Waals surface area contributed by atoms with E-state index in [0.29, 0.717) is 24.1 Å². The van der Waals surface area contributed by atoms with Gasteiger partial charge in [-0.2, -0.15) is 4.98 Å². The van der Waals surface area contributed by atoms with E-state index in [4.69, 9.17) is 4.74 Å². The molecule has 2 aromatic carbocycles. The van der Waals surface area contributed by atoms with Crippen LogP contribution >= 0.6 is 0 Å². The summed E-state index contributed by atoms with van der Waals surface area (Å²) in [5, 5.41) is 3.43. The Kier molecular flexibility index (Phi) is 7.48. The average molecular weight is 459 g/mol. The van der Waals surface area contributed by atoms with E-state index >= 15 is 0 Å². The van der Waals surface area contributed by atoms with Crippen molar-refractivity contribution in [2.75, 3.05) is 26.2 Å². The summed E-state index contributed by atoms with van der Waals surface area (Å²) in [5.41, 5.74) is 6.03. The van der Waals surface area contributed by atoms with Crippen LogP contribution in [0.25, 0.3) is 22.5 Å². The average Bonchev–Trinajstić information content (AvgIpc) is 3.30. The molecule has 0 saturated carbocycles. The summed E-state index contributed by atoms with van der Waals surface area (Å²) in [7, 11) is 0. The van der Waals surface area contributed by atoms with Gasteiger partial charge >= 0.3 is 5.69 Å². The van der Waals surface area contributed by atoms with Crippen LogP contribution in [0.4, 0.5) is 0 Å². The maximum atomic E-state index is 12.3. The van der Waals surface area contributed by atoms with Crippen molar-refractivity contribution in [3.8, 4) is 28.3 Å². The molecule has 6 heteroatoms. The fraction of sp³-hybridized carbons (Fsp3) is 0.357. The number of hydrogen-bond donors (Lipinski definition) is 2. The lowest BCUT2D eigenvalue weighted by Gasteiger charge is -2.24. The zero-order valence-electron chi connectivity index (χ0n) is 20.4. The maximum absolute atomic E-state index is 12.3. The van der Waals surface area contributed by atoms with Crippen molar-refractivity contribution in [2.45, 2.75) is 39.7 Å². The minimum absolute atomic E-state index is 0.373. The zero-order chi connectivity index (χ0) is 24.1. The van der Waals surface area contributed by atoms with Crippen molar-refractivity contribution in [3.05, 3.63) is 82.4 Å². The van der Waals surface area contributed by atoms with Gasteiger partial charge in [0, 0.05) is 23.8 Å². The first-order valence-corrected chi connectivity index (χ1v) is 12.0. The van der Waals surface area contributed by atoms with Crippen LogP contribution in [0.5, 0.6) is 5.75 Å². The van der Waals surface area contributed by atoms with Crippen LogP contribution in [0.3, 0.4) is 0 Å². The second-order valence-electron chi connectivity index (χ2n) is 9.01. The number of H-pyrrole nitrogens is 1. The highest BCUT2D eigenvalue weighted by molar-refractivity contribution is 5.68. The number of nitrogens with one attached hydrogen (secondary N) is 2. The molecule has 0 radical (unpaired) electrons. The fourth-order valence-electron chi connectivity index (χ4n) is 4.44. The smallest absolute Gasteiger partial charge is 0.345 e. The molecule has 34 heavy (non-hydrogen) atoms. The van der Waals surface area contributed by atoms with Crippen molar-refractivity contribution < 1.29 is 4.74 Å². The topological polar surface area (TPSA) is 70.2 Å². The third-order valence-electron chi connectivity index (χ3n) is 6.60. The molecule has 1 aliphatic rings.